The van der Waals surface area contributed by atoms with Crippen LogP contribution in [0.4, 0.5) is 16.4 Å². The summed E-state index contributed by atoms with van der Waals surface area (Å²) in [4.78, 5) is 32.4. The van der Waals surface area contributed by atoms with Crippen LogP contribution in [0.15, 0.2) is 12.3 Å². The maximum absolute atomic E-state index is 12.2. The summed E-state index contributed by atoms with van der Waals surface area (Å²) in [5, 5.41) is 16.1. The second-order valence-electron chi connectivity index (χ2n) is 9.02. The fraction of sp³-hybridized carbons (Fsp3) is 0.571. The van der Waals surface area contributed by atoms with Gasteiger partial charge in [0.2, 0.25) is 0 Å². The zero-order valence-corrected chi connectivity index (χ0v) is 17.7. The van der Waals surface area contributed by atoms with Crippen molar-refractivity contribution in [3.05, 3.63) is 29.3 Å². The third-order valence-corrected chi connectivity index (χ3v) is 6.75. The van der Waals surface area contributed by atoms with Crippen molar-refractivity contribution in [3.8, 4) is 0 Å². The Balaban J connectivity index is 1.15. The van der Waals surface area contributed by atoms with Gasteiger partial charge in [-0.25, -0.2) is 14.8 Å². The normalized spacial score (nSPS) is 28.3. The maximum atomic E-state index is 12.2. The van der Waals surface area contributed by atoms with Gasteiger partial charge in [0.25, 0.3) is 5.91 Å². The molecule has 164 valence electrons. The van der Waals surface area contributed by atoms with Gasteiger partial charge in [-0.3, -0.25) is 9.89 Å². The summed E-state index contributed by atoms with van der Waals surface area (Å²) in [5.74, 6) is 1.98. The van der Waals surface area contributed by atoms with Crippen molar-refractivity contribution >= 4 is 23.6 Å². The van der Waals surface area contributed by atoms with Gasteiger partial charge in [-0.05, 0) is 51.4 Å². The summed E-state index contributed by atoms with van der Waals surface area (Å²) < 4.78 is 5.67. The Labute approximate surface area is 180 Å². The fourth-order valence-corrected chi connectivity index (χ4v) is 4.93. The Morgan fingerprint density at radius 3 is 2.74 bits per heavy atom. The lowest BCUT2D eigenvalue weighted by atomic mass is 9.50. The molecule has 6 rings (SSSR count). The first-order valence-electron chi connectivity index (χ1n) is 10.8. The van der Waals surface area contributed by atoms with Gasteiger partial charge < -0.3 is 20.7 Å². The molecule has 2 atom stereocenters. The molecule has 4 fully saturated rings. The predicted octanol–water partition coefficient (Wildman–Crippen LogP) is 2.53. The largest absolute Gasteiger partial charge is 0.446 e. The van der Waals surface area contributed by atoms with Crippen LogP contribution in [0.1, 0.15) is 66.3 Å². The zero-order valence-electron chi connectivity index (χ0n) is 17.7. The van der Waals surface area contributed by atoms with Crippen LogP contribution in [0, 0.1) is 12.8 Å². The molecular formula is C21H27N7O3. The maximum Gasteiger partial charge on any atom is 0.407 e. The van der Waals surface area contributed by atoms with Crippen molar-refractivity contribution in [3.63, 3.8) is 0 Å². The molecule has 10 nitrogen and oxygen atoms in total. The number of aryl methyl sites for hydroxylation is 1. The number of aromatic nitrogens is 4. The summed E-state index contributed by atoms with van der Waals surface area (Å²) in [6.45, 7) is 1.78. The molecule has 2 aromatic heterocycles. The molecule has 4 N–H and O–H groups in total. The van der Waals surface area contributed by atoms with E-state index in [1.807, 2.05) is 6.07 Å². The number of hydrogen-bond donors (Lipinski definition) is 4. The minimum absolute atomic E-state index is 0.0449. The number of alkyl carbamates (subject to hydrolysis) is 1. The molecule has 0 saturated heterocycles. The third-order valence-electron chi connectivity index (χ3n) is 6.75. The summed E-state index contributed by atoms with van der Waals surface area (Å²) in [5.41, 5.74) is 1.92. The first-order valence-corrected chi connectivity index (χ1v) is 10.8. The second kappa shape index (κ2) is 7.51. The molecule has 4 aliphatic carbocycles. The standard InChI is InChI=1S/C21H27N7O3/c1-11-18(23-10-16(24-11)19(29)22-2)25-17-6-15(27-28-17)13-3-4-14(5-13)31-20(30)26-21-7-12(8-21)9-21/h6,10,12-14H,3-5,7-9H2,1-2H3,(H,22,29)(H,26,30)(H2,23,25,27,28)/t12?,13-,14+,21?/m0/s1. The van der Waals surface area contributed by atoms with Gasteiger partial charge in [0, 0.05) is 30.3 Å². The number of amides is 2. The number of carbonyl (C=O) groups excluding carboxylic acids is 2. The minimum Gasteiger partial charge on any atom is -0.446 e. The molecule has 2 amide bonds. The highest BCUT2D eigenvalue weighted by Gasteiger charge is 2.57. The van der Waals surface area contributed by atoms with Crippen LogP contribution in [0.25, 0.3) is 0 Å². The average Bonchev–Trinajstić information content (AvgIpc) is 3.34. The van der Waals surface area contributed by atoms with Gasteiger partial charge in [0.1, 0.15) is 11.8 Å². The SMILES string of the molecule is CNC(=O)c1cnc(Nc2cc([C@H]3CC[C@@H](OC(=O)NC45CC(C4)C5)C3)[nH]n2)c(C)n1. The van der Waals surface area contributed by atoms with E-state index in [-0.39, 0.29) is 35.3 Å². The third kappa shape index (κ3) is 3.82. The molecular weight excluding hydrogens is 398 g/mol. The summed E-state index contributed by atoms with van der Waals surface area (Å²) in [6.07, 6.45) is 6.98. The first kappa shape index (κ1) is 19.8. The molecule has 0 aromatic carbocycles. The molecule has 10 heteroatoms. The molecule has 2 bridgehead atoms. The monoisotopic (exact) mass is 425 g/mol. The van der Waals surface area contributed by atoms with Gasteiger partial charge in [0.05, 0.1) is 11.9 Å². The van der Waals surface area contributed by atoms with Crippen LogP contribution in [-0.4, -0.2) is 50.9 Å². The topological polar surface area (TPSA) is 134 Å². The Bertz CT molecular complexity index is 1000. The highest BCUT2D eigenvalue weighted by atomic mass is 16.6. The number of carbonyl (C=O) groups is 2. The Kier molecular flexibility index (Phi) is 4.79. The summed E-state index contributed by atoms with van der Waals surface area (Å²) in [6, 6.07) is 1.95. The van der Waals surface area contributed by atoms with Gasteiger partial charge >= 0.3 is 6.09 Å². The Hall–Kier alpha value is -3.17. The number of rotatable bonds is 6. The lowest BCUT2D eigenvalue weighted by molar-refractivity contribution is -0.0506. The van der Waals surface area contributed by atoms with E-state index < -0.39 is 0 Å². The van der Waals surface area contributed by atoms with Crippen molar-refractivity contribution in [2.75, 3.05) is 12.4 Å². The zero-order chi connectivity index (χ0) is 21.6. The van der Waals surface area contributed by atoms with Crippen LogP contribution < -0.4 is 16.0 Å². The van der Waals surface area contributed by atoms with Crippen molar-refractivity contribution in [2.24, 2.45) is 5.92 Å². The number of hydrogen-bond acceptors (Lipinski definition) is 7. The molecule has 4 saturated carbocycles. The Morgan fingerprint density at radius 1 is 1.26 bits per heavy atom. The summed E-state index contributed by atoms with van der Waals surface area (Å²) >= 11 is 0. The molecule has 31 heavy (non-hydrogen) atoms. The lowest BCUT2D eigenvalue weighted by Crippen LogP contribution is -2.68. The smallest absolute Gasteiger partial charge is 0.407 e. The van der Waals surface area contributed by atoms with Gasteiger partial charge in [-0.15, -0.1) is 0 Å². The number of H-pyrrole nitrogens is 1. The van der Waals surface area contributed by atoms with Gasteiger partial charge in [-0.2, -0.15) is 5.10 Å². The predicted molar refractivity (Wildman–Crippen MR) is 112 cm³/mol. The van der Waals surface area contributed by atoms with E-state index >= 15 is 0 Å². The van der Waals surface area contributed by atoms with E-state index in [4.69, 9.17) is 4.74 Å². The number of nitrogens with zero attached hydrogens (tertiary/aromatic N) is 3. The van der Waals surface area contributed by atoms with E-state index in [1.165, 1.54) is 6.20 Å². The first-order chi connectivity index (χ1) is 14.9. The van der Waals surface area contributed by atoms with Gasteiger partial charge in [0.15, 0.2) is 11.6 Å². The molecule has 0 spiro atoms. The number of aromatic amines is 1. The van der Waals surface area contributed by atoms with E-state index in [9.17, 15) is 9.59 Å². The molecule has 2 aromatic rings. The molecule has 0 radical (unpaired) electrons. The quantitative estimate of drug-likeness (QED) is 0.559. The number of nitrogens with one attached hydrogen (secondary N) is 4. The average molecular weight is 425 g/mol. The van der Waals surface area contributed by atoms with E-state index in [2.05, 4.69) is 36.1 Å². The molecule has 4 aliphatic rings. The van der Waals surface area contributed by atoms with E-state index in [0.29, 0.717) is 17.3 Å². The lowest BCUT2D eigenvalue weighted by Gasteiger charge is -2.61. The van der Waals surface area contributed by atoms with Crippen molar-refractivity contribution in [1.82, 2.24) is 30.8 Å². The van der Waals surface area contributed by atoms with Crippen LogP contribution in [0.5, 0.6) is 0 Å². The molecule has 2 heterocycles. The van der Waals surface area contributed by atoms with Crippen molar-refractivity contribution in [2.45, 2.75) is 63.0 Å². The van der Waals surface area contributed by atoms with Crippen molar-refractivity contribution in [1.29, 1.82) is 0 Å². The minimum atomic E-state index is -0.278. The molecule has 0 aliphatic heterocycles. The molecule has 0 unspecified atom stereocenters. The van der Waals surface area contributed by atoms with Crippen LogP contribution in [0.2, 0.25) is 0 Å². The Morgan fingerprint density at radius 2 is 2.06 bits per heavy atom. The fourth-order valence-electron chi connectivity index (χ4n) is 4.93. The number of ether oxygens (including phenoxy) is 1. The van der Waals surface area contributed by atoms with E-state index in [1.54, 1.807) is 14.0 Å². The highest BCUT2D eigenvalue weighted by Crippen LogP contribution is 2.57. The van der Waals surface area contributed by atoms with Gasteiger partial charge in [-0.1, -0.05) is 0 Å². The highest BCUT2D eigenvalue weighted by molar-refractivity contribution is 5.91. The van der Waals surface area contributed by atoms with Crippen LogP contribution in [-0.2, 0) is 4.74 Å². The van der Waals surface area contributed by atoms with Crippen molar-refractivity contribution < 1.29 is 14.3 Å². The van der Waals surface area contributed by atoms with E-state index in [0.717, 1.165) is 50.1 Å². The summed E-state index contributed by atoms with van der Waals surface area (Å²) in [7, 11) is 1.55. The number of anilines is 2. The van der Waals surface area contributed by atoms with Crippen LogP contribution >= 0.6 is 0 Å². The second-order valence-corrected chi connectivity index (χ2v) is 9.02. The van der Waals surface area contributed by atoms with Crippen LogP contribution in [0.3, 0.4) is 0 Å².